The summed E-state index contributed by atoms with van der Waals surface area (Å²) in [6.45, 7) is 3.29. The smallest absolute Gasteiger partial charge is 0.255 e. The minimum Gasteiger partial charge on any atom is -0.507 e. The predicted molar refractivity (Wildman–Crippen MR) is 208 cm³/mol. The first kappa shape index (κ1) is 42.4. The molecule has 0 saturated carbocycles. The Labute approximate surface area is 343 Å². The van der Waals surface area contributed by atoms with Gasteiger partial charge in [-0.15, -0.1) is 0 Å². The number of methoxy groups -OCH3 is 4. The van der Waals surface area contributed by atoms with E-state index in [0.29, 0.717) is 17.6 Å². The molecule has 0 bridgehead atoms. The zero-order chi connectivity index (χ0) is 43.6. The van der Waals surface area contributed by atoms with Gasteiger partial charge < -0.3 is 54.2 Å². The molecule has 0 radical (unpaired) electrons. The van der Waals surface area contributed by atoms with E-state index in [-0.39, 0.29) is 47.4 Å². The molecule has 1 heterocycles. The molecule has 3 aromatic carbocycles. The summed E-state index contributed by atoms with van der Waals surface area (Å²) in [5, 5.41) is 49.4. The summed E-state index contributed by atoms with van der Waals surface area (Å²) in [4.78, 5) is 88.2. The summed E-state index contributed by atoms with van der Waals surface area (Å²) in [6.07, 6.45) is -6.85. The number of nitrogens with one attached hydrogen (secondary N) is 1. The number of phenolic OH excluding ortho intramolecular Hbond substituents is 2. The number of aldehydes is 1. The standard InChI is InChI=1S/C43H44N2O15/c1-7-27-24(17-46)34(50)37(57-4)41(60-27)45-25-15-26(47)30-22(33(25)49)14-23-31(35(30)51)39(54)42(58-5)28(48)13-20-12-18(2)29(36(52)32(20)43(42,59-6)38(23)53)40(55)44-16-19-8-10-21(56-3)11-9-19/h8-12,14,17,24,27-28,34,37,41,48,50-52H,7,13,15-16H2,1-6H3,(H,44,55). The van der Waals surface area contributed by atoms with Gasteiger partial charge in [-0.1, -0.05) is 25.1 Å². The molecular weight excluding hydrogens is 784 g/mol. The van der Waals surface area contributed by atoms with Crippen LogP contribution in [0.25, 0.3) is 0 Å². The highest BCUT2D eigenvalue weighted by Gasteiger charge is 2.74. The number of rotatable bonds is 10. The number of phenols is 2. The first-order valence-electron chi connectivity index (χ1n) is 19.1. The van der Waals surface area contributed by atoms with Crippen LogP contribution < -0.4 is 10.1 Å². The summed E-state index contributed by atoms with van der Waals surface area (Å²) < 4.78 is 28.3. The lowest BCUT2D eigenvalue weighted by molar-refractivity contribution is -0.201. The van der Waals surface area contributed by atoms with Crippen LogP contribution in [0.3, 0.4) is 0 Å². The van der Waals surface area contributed by atoms with Crippen molar-refractivity contribution in [2.45, 2.75) is 81.5 Å². The van der Waals surface area contributed by atoms with Crippen LogP contribution in [0.4, 0.5) is 0 Å². The van der Waals surface area contributed by atoms with Crippen molar-refractivity contribution in [1.29, 1.82) is 0 Å². The van der Waals surface area contributed by atoms with Crippen LogP contribution in [-0.4, -0.2) is 126 Å². The van der Waals surface area contributed by atoms with E-state index < -0.39 is 117 Å². The van der Waals surface area contributed by atoms with E-state index in [9.17, 15) is 44.4 Å². The third-order valence-electron chi connectivity index (χ3n) is 12.2. The maximum atomic E-state index is 15.3. The number of benzene rings is 3. The number of aliphatic hydroxyl groups excluding tert-OH is 2. The quantitative estimate of drug-likeness (QED) is 0.184. The Kier molecular flexibility index (Phi) is 11.1. The lowest BCUT2D eigenvalue weighted by atomic mass is 9.56. The number of hydrogen-bond donors (Lipinski definition) is 5. The van der Waals surface area contributed by atoms with Crippen LogP contribution >= 0.6 is 0 Å². The van der Waals surface area contributed by atoms with Gasteiger partial charge in [0.2, 0.25) is 17.3 Å². The van der Waals surface area contributed by atoms with E-state index >= 15 is 4.79 Å². The van der Waals surface area contributed by atoms with Crippen molar-refractivity contribution in [1.82, 2.24) is 5.32 Å². The number of ether oxygens (including phenoxy) is 5. The Bertz CT molecular complexity index is 2370. The second kappa shape index (κ2) is 15.7. The number of carbonyl (C=O) groups excluding carboxylic acids is 6. The van der Waals surface area contributed by atoms with E-state index in [2.05, 4.69) is 10.3 Å². The Morgan fingerprint density at radius 3 is 2.27 bits per heavy atom. The van der Waals surface area contributed by atoms with E-state index in [1.54, 1.807) is 38.1 Å². The molecule has 1 aliphatic heterocycles. The van der Waals surface area contributed by atoms with Crippen molar-refractivity contribution in [3.8, 4) is 17.2 Å². The molecule has 1 saturated heterocycles. The van der Waals surface area contributed by atoms with Crippen LogP contribution in [0, 0.1) is 12.8 Å². The Balaban J connectivity index is 1.36. The molecule has 5 N–H and O–H groups in total. The summed E-state index contributed by atoms with van der Waals surface area (Å²) in [5.74, 6) is -7.04. The van der Waals surface area contributed by atoms with E-state index in [1.165, 1.54) is 20.3 Å². The van der Waals surface area contributed by atoms with Crippen LogP contribution in [0.15, 0.2) is 41.4 Å². The number of carbonyl (C=O) groups is 6. The van der Waals surface area contributed by atoms with Crippen molar-refractivity contribution in [2.75, 3.05) is 28.4 Å². The maximum Gasteiger partial charge on any atom is 0.255 e. The zero-order valence-electron chi connectivity index (χ0n) is 33.6. The molecule has 4 aliphatic rings. The highest BCUT2D eigenvalue weighted by atomic mass is 16.6. The summed E-state index contributed by atoms with van der Waals surface area (Å²) >= 11 is 0. The number of ketones is 4. The van der Waals surface area contributed by atoms with Crippen molar-refractivity contribution in [3.05, 3.63) is 86.5 Å². The van der Waals surface area contributed by atoms with Gasteiger partial charge in [-0.25, -0.2) is 0 Å². The number of hydrogen-bond acceptors (Lipinski definition) is 16. The van der Waals surface area contributed by atoms with Crippen LogP contribution in [0.2, 0.25) is 0 Å². The van der Waals surface area contributed by atoms with Crippen molar-refractivity contribution in [2.24, 2.45) is 10.9 Å². The fourth-order valence-corrected chi connectivity index (χ4v) is 9.31. The molecule has 0 spiro atoms. The lowest BCUT2D eigenvalue weighted by Gasteiger charge is -2.54. The highest BCUT2D eigenvalue weighted by Crippen LogP contribution is 2.58. The Morgan fingerprint density at radius 1 is 0.967 bits per heavy atom. The molecule has 1 amide bonds. The topological polar surface area (TPSA) is 254 Å². The van der Waals surface area contributed by atoms with Crippen LogP contribution in [-0.2, 0) is 42.3 Å². The third-order valence-corrected chi connectivity index (χ3v) is 12.2. The molecule has 17 heteroatoms. The second-order valence-electron chi connectivity index (χ2n) is 15.1. The van der Waals surface area contributed by atoms with Gasteiger partial charge >= 0.3 is 0 Å². The van der Waals surface area contributed by atoms with Crippen molar-refractivity contribution in [3.63, 3.8) is 0 Å². The molecule has 8 atom stereocenters. The molecule has 316 valence electrons. The maximum absolute atomic E-state index is 15.3. The number of amides is 1. The molecular formula is C43H44N2O15. The summed E-state index contributed by atoms with van der Waals surface area (Å²) in [6, 6.07) is 9.28. The number of Topliss-reactive ketones (excluding diaryl/α,β-unsaturated/α-hetero) is 4. The fraction of sp³-hybridized carbons (Fsp3) is 0.419. The summed E-state index contributed by atoms with van der Waals surface area (Å²) in [5.41, 5.74) is -7.80. The first-order chi connectivity index (χ1) is 28.6. The van der Waals surface area contributed by atoms with Crippen LogP contribution in [0.1, 0.15) is 93.8 Å². The number of aromatic hydroxyl groups is 2. The molecule has 3 aromatic rings. The zero-order valence-corrected chi connectivity index (χ0v) is 33.6. The molecule has 17 nitrogen and oxygen atoms in total. The van der Waals surface area contributed by atoms with E-state index in [1.807, 2.05) is 0 Å². The average molecular weight is 829 g/mol. The molecule has 3 aliphatic carbocycles. The number of aliphatic imine (C=N–C) groups is 1. The minimum atomic E-state index is -2.73. The van der Waals surface area contributed by atoms with Gasteiger partial charge in [0, 0.05) is 51.0 Å². The molecule has 60 heavy (non-hydrogen) atoms. The second-order valence-corrected chi connectivity index (χ2v) is 15.1. The van der Waals surface area contributed by atoms with Gasteiger partial charge in [0.1, 0.15) is 29.6 Å². The third kappa shape index (κ3) is 5.94. The van der Waals surface area contributed by atoms with Gasteiger partial charge in [-0.05, 0) is 48.2 Å². The number of fused-ring (bicyclic) bond motifs is 5. The van der Waals surface area contributed by atoms with Gasteiger partial charge in [-0.2, -0.15) is 0 Å². The first-order valence-corrected chi connectivity index (χ1v) is 19.1. The van der Waals surface area contributed by atoms with Crippen molar-refractivity contribution < 1.29 is 72.9 Å². The highest BCUT2D eigenvalue weighted by molar-refractivity contribution is 6.53. The van der Waals surface area contributed by atoms with Crippen molar-refractivity contribution >= 4 is 41.0 Å². The van der Waals surface area contributed by atoms with Gasteiger partial charge in [0.05, 0.1) is 60.2 Å². The predicted octanol–water partition coefficient (Wildman–Crippen LogP) is 2.10. The average Bonchev–Trinajstić information content (AvgIpc) is 3.23. The summed E-state index contributed by atoms with van der Waals surface area (Å²) in [7, 11) is 4.82. The molecule has 8 unspecified atom stereocenters. The monoisotopic (exact) mass is 828 g/mol. The van der Waals surface area contributed by atoms with E-state index in [4.69, 9.17) is 23.7 Å². The minimum absolute atomic E-state index is 0.0280. The normalized spacial score (nSPS) is 29.0. The lowest BCUT2D eigenvalue weighted by Crippen LogP contribution is -2.73. The van der Waals surface area contributed by atoms with Crippen LogP contribution in [0.5, 0.6) is 17.2 Å². The molecule has 7 rings (SSSR count). The number of aliphatic hydroxyl groups is 2. The Hall–Kier alpha value is -5.69. The van der Waals surface area contributed by atoms with Gasteiger partial charge in [0.25, 0.3) is 5.91 Å². The number of aryl methyl sites for hydroxylation is 1. The number of nitrogens with zero attached hydrogens (tertiary/aromatic N) is 1. The Morgan fingerprint density at radius 2 is 1.67 bits per heavy atom. The SMILES string of the molecule is CCC1OC(N=C2CC(=O)c3c(cc4c(c3O)C(=O)C3(OC)C(O)Cc5cc(C)c(C(=O)NCc6ccc(OC)cc6)c(O)c5C3(OC)C4=O)C2=O)C(OC)C(O)C1C=O. The molecule has 1 fully saturated rings. The van der Waals surface area contributed by atoms with Gasteiger partial charge in [0.15, 0.2) is 23.2 Å². The largest absolute Gasteiger partial charge is 0.507 e. The van der Waals surface area contributed by atoms with Gasteiger partial charge in [-0.3, -0.25) is 29.0 Å². The molecule has 0 aromatic heterocycles. The van der Waals surface area contributed by atoms with E-state index in [0.717, 1.165) is 20.3 Å². The fourth-order valence-electron chi connectivity index (χ4n) is 9.31.